The minimum atomic E-state index is 1.09. The summed E-state index contributed by atoms with van der Waals surface area (Å²) >= 11 is 0. The first-order chi connectivity index (χ1) is 28.7. The zero-order valence-corrected chi connectivity index (χ0v) is 31.8. The van der Waals surface area contributed by atoms with Gasteiger partial charge in [-0.2, -0.15) is 0 Å². The first-order valence-electron chi connectivity index (χ1n) is 19.9. The third kappa shape index (κ3) is 5.91. The third-order valence-electron chi connectivity index (χ3n) is 11.5. The van der Waals surface area contributed by atoms with E-state index in [1.807, 2.05) is 0 Å². The van der Waals surface area contributed by atoms with Gasteiger partial charge in [-0.1, -0.05) is 170 Å². The Kier molecular flexibility index (Phi) is 8.19. The van der Waals surface area contributed by atoms with Crippen LogP contribution in [0.1, 0.15) is 0 Å². The second-order valence-corrected chi connectivity index (χ2v) is 15.0. The van der Waals surface area contributed by atoms with E-state index < -0.39 is 0 Å². The number of fused-ring (bicyclic) bond motifs is 5. The summed E-state index contributed by atoms with van der Waals surface area (Å²) in [5, 5.41) is 7.32. The van der Waals surface area contributed by atoms with Gasteiger partial charge in [0.15, 0.2) is 0 Å². The van der Waals surface area contributed by atoms with Crippen LogP contribution in [-0.2, 0) is 0 Å². The van der Waals surface area contributed by atoms with Crippen LogP contribution in [0, 0.1) is 0 Å². The summed E-state index contributed by atoms with van der Waals surface area (Å²) in [7, 11) is 0. The number of rotatable bonds is 7. The molecule has 0 N–H and O–H groups in total. The molecular weight excluding hydrogens is 701 g/mol. The highest BCUT2D eigenvalue weighted by Crippen LogP contribution is 2.45. The van der Waals surface area contributed by atoms with Crippen molar-refractivity contribution in [2.45, 2.75) is 0 Å². The average molecular weight is 739 g/mol. The highest BCUT2D eigenvalue weighted by Gasteiger charge is 2.21. The van der Waals surface area contributed by atoms with Crippen LogP contribution in [0.2, 0.25) is 0 Å². The average Bonchev–Trinajstić information content (AvgIpc) is 3.63. The lowest BCUT2D eigenvalue weighted by atomic mass is 9.94. The van der Waals surface area contributed by atoms with Gasteiger partial charge in [0.25, 0.3) is 0 Å². The minimum Gasteiger partial charge on any atom is -0.310 e. The maximum absolute atomic E-state index is 2.48. The van der Waals surface area contributed by atoms with E-state index >= 15 is 0 Å². The van der Waals surface area contributed by atoms with Crippen LogP contribution in [0.15, 0.2) is 231 Å². The van der Waals surface area contributed by atoms with E-state index in [0.717, 1.165) is 28.3 Å². The fourth-order valence-corrected chi connectivity index (χ4v) is 8.70. The zero-order chi connectivity index (χ0) is 38.4. The lowest BCUT2D eigenvalue weighted by molar-refractivity contribution is 1.18. The van der Waals surface area contributed by atoms with Gasteiger partial charge in [0.2, 0.25) is 0 Å². The Labute approximate surface area is 338 Å². The molecule has 0 aliphatic carbocycles. The van der Waals surface area contributed by atoms with Gasteiger partial charge in [-0.25, -0.2) is 0 Å². The Hall–Kier alpha value is -7.68. The summed E-state index contributed by atoms with van der Waals surface area (Å²) < 4.78 is 2.48. The number of nitrogens with zero attached hydrogens (tertiary/aromatic N) is 2. The summed E-state index contributed by atoms with van der Waals surface area (Å²) in [5.41, 5.74) is 13.9. The second kappa shape index (κ2) is 14.1. The highest BCUT2D eigenvalue weighted by atomic mass is 15.1. The molecule has 0 amide bonds. The van der Waals surface area contributed by atoms with Gasteiger partial charge < -0.3 is 9.47 Å². The molecule has 2 heteroatoms. The van der Waals surface area contributed by atoms with E-state index in [2.05, 4.69) is 240 Å². The molecule has 0 atom stereocenters. The van der Waals surface area contributed by atoms with E-state index in [9.17, 15) is 0 Å². The molecule has 0 aliphatic rings. The van der Waals surface area contributed by atoms with Gasteiger partial charge in [0, 0.05) is 33.5 Å². The Bertz CT molecular complexity index is 3250. The molecule has 272 valence electrons. The van der Waals surface area contributed by atoms with Crippen LogP contribution < -0.4 is 4.90 Å². The molecule has 0 spiro atoms. The van der Waals surface area contributed by atoms with Crippen molar-refractivity contribution in [2.24, 2.45) is 0 Å². The summed E-state index contributed by atoms with van der Waals surface area (Å²) in [6.45, 7) is 0. The van der Waals surface area contributed by atoms with Crippen molar-refractivity contribution in [2.75, 3.05) is 4.90 Å². The predicted molar refractivity (Wildman–Crippen MR) is 247 cm³/mol. The standard InChI is InChI=1S/C56H38N2/c1-4-14-39(15-5-1)43-24-28-48(29-25-43)57(49-30-26-41-18-10-12-22-45(41)34-49)51-32-33-52-54(38-51)58(50-31-27-42-19-11-13-23-46(42)35-50)55-37-47(40-16-6-2-7-17-40)36-53(56(52)55)44-20-8-3-9-21-44/h1-38H. The van der Waals surface area contributed by atoms with Crippen LogP contribution in [0.3, 0.4) is 0 Å². The van der Waals surface area contributed by atoms with Crippen molar-refractivity contribution in [1.82, 2.24) is 4.57 Å². The fraction of sp³-hybridized carbons (Fsp3) is 0. The summed E-state index contributed by atoms with van der Waals surface area (Å²) in [6, 6.07) is 83.9. The topological polar surface area (TPSA) is 8.17 Å². The molecule has 0 aliphatic heterocycles. The molecule has 10 aromatic carbocycles. The van der Waals surface area contributed by atoms with Gasteiger partial charge in [-0.15, -0.1) is 0 Å². The smallest absolute Gasteiger partial charge is 0.0562 e. The van der Waals surface area contributed by atoms with Crippen molar-refractivity contribution in [3.8, 4) is 39.1 Å². The molecule has 0 fully saturated rings. The van der Waals surface area contributed by atoms with Crippen LogP contribution in [0.5, 0.6) is 0 Å². The maximum atomic E-state index is 2.48. The van der Waals surface area contributed by atoms with Crippen molar-refractivity contribution in [3.05, 3.63) is 231 Å². The first kappa shape index (κ1) is 33.6. The van der Waals surface area contributed by atoms with Gasteiger partial charge in [-0.3, -0.25) is 0 Å². The Morgan fingerprint density at radius 2 is 0.793 bits per heavy atom. The first-order valence-corrected chi connectivity index (χ1v) is 19.9. The van der Waals surface area contributed by atoms with Gasteiger partial charge in [0.1, 0.15) is 0 Å². The van der Waals surface area contributed by atoms with Gasteiger partial charge in [-0.05, 0) is 116 Å². The zero-order valence-electron chi connectivity index (χ0n) is 31.8. The Morgan fingerprint density at radius 3 is 1.47 bits per heavy atom. The summed E-state index contributed by atoms with van der Waals surface area (Å²) in [5.74, 6) is 0. The maximum Gasteiger partial charge on any atom is 0.0562 e. The molecule has 0 radical (unpaired) electrons. The van der Waals surface area contributed by atoms with Gasteiger partial charge >= 0.3 is 0 Å². The number of benzene rings is 10. The molecule has 0 bridgehead atoms. The van der Waals surface area contributed by atoms with Crippen LogP contribution in [0.25, 0.3) is 82.4 Å². The molecule has 2 nitrogen and oxygen atoms in total. The normalized spacial score (nSPS) is 11.4. The predicted octanol–water partition coefficient (Wildman–Crippen LogP) is 15.6. The van der Waals surface area contributed by atoms with E-state index in [-0.39, 0.29) is 0 Å². The van der Waals surface area contributed by atoms with Crippen LogP contribution >= 0.6 is 0 Å². The highest BCUT2D eigenvalue weighted by molar-refractivity contribution is 6.18. The third-order valence-corrected chi connectivity index (χ3v) is 11.5. The number of anilines is 3. The summed E-state index contributed by atoms with van der Waals surface area (Å²) in [4.78, 5) is 2.40. The number of hydrogen-bond donors (Lipinski definition) is 0. The van der Waals surface area contributed by atoms with Crippen molar-refractivity contribution >= 4 is 60.4 Å². The van der Waals surface area contributed by atoms with Crippen LogP contribution in [-0.4, -0.2) is 4.57 Å². The SMILES string of the molecule is c1ccc(-c2ccc(N(c3ccc4ccccc4c3)c3ccc4c5c(-c6ccccc6)cc(-c6ccccc6)cc5n(-c5ccc6ccccc6c5)c4c3)cc2)cc1. The lowest BCUT2D eigenvalue weighted by Crippen LogP contribution is -2.10. The molecule has 11 rings (SSSR count). The Morgan fingerprint density at radius 1 is 0.293 bits per heavy atom. The molecule has 0 saturated heterocycles. The lowest BCUT2D eigenvalue weighted by Gasteiger charge is -2.26. The van der Waals surface area contributed by atoms with E-state index in [1.165, 1.54) is 71.2 Å². The molecule has 1 heterocycles. The minimum absolute atomic E-state index is 1.09. The summed E-state index contributed by atoms with van der Waals surface area (Å²) in [6.07, 6.45) is 0. The van der Waals surface area contributed by atoms with E-state index in [4.69, 9.17) is 0 Å². The van der Waals surface area contributed by atoms with Crippen LogP contribution in [0.4, 0.5) is 17.1 Å². The molecular formula is C56H38N2. The monoisotopic (exact) mass is 738 g/mol. The number of hydrogen-bond acceptors (Lipinski definition) is 1. The molecule has 0 unspecified atom stereocenters. The number of aromatic nitrogens is 1. The Balaban J connectivity index is 1.20. The van der Waals surface area contributed by atoms with E-state index in [0.29, 0.717) is 0 Å². The fourth-order valence-electron chi connectivity index (χ4n) is 8.70. The molecule has 58 heavy (non-hydrogen) atoms. The molecule has 11 aromatic rings. The van der Waals surface area contributed by atoms with E-state index in [1.54, 1.807) is 0 Å². The second-order valence-electron chi connectivity index (χ2n) is 15.0. The largest absolute Gasteiger partial charge is 0.310 e. The quantitative estimate of drug-likeness (QED) is 0.158. The molecule has 1 aromatic heterocycles. The van der Waals surface area contributed by atoms with Crippen molar-refractivity contribution in [1.29, 1.82) is 0 Å². The van der Waals surface area contributed by atoms with Crippen molar-refractivity contribution < 1.29 is 0 Å². The van der Waals surface area contributed by atoms with Crippen molar-refractivity contribution in [3.63, 3.8) is 0 Å². The van der Waals surface area contributed by atoms with Gasteiger partial charge in [0.05, 0.1) is 11.0 Å². The molecule has 0 saturated carbocycles.